The Morgan fingerprint density at radius 3 is 2.65 bits per heavy atom. The summed E-state index contributed by atoms with van der Waals surface area (Å²) in [6, 6.07) is 6.07. The van der Waals surface area contributed by atoms with Crippen molar-refractivity contribution in [3.8, 4) is 11.8 Å². The van der Waals surface area contributed by atoms with E-state index in [-0.39, 0.29) is 0 Å². The summed E-state index contributed by atoms with van der Waals surface area (Å²) >= 11 is 0. The van der Waals surface area contributed by atoms with E-state index in [4.69, 9.17) is 10.00 Å². The van der Waals surface area contributed by atoms with E-state index >= 15 is 0 Å². The van der Waals surface area contributed by atoms with E-state index in [1.165, 1.54) is 0 Å². The van der Waals surface area contributed by atoms with Crippen molar-refractivity contribution >= 4 is 5.82 Å². The Bertz CT molecular complexity index is 390. The van der Waals surface area contributed by atoms with Gasteiger partial charge in [0.25, 0.3) is 0 Å². The summed E-state index contributed by atoms with van der Waals surface area (Å²) < 4.78 is 5.08. The third-order valence-corrected chi connectivity index (χ3v) is 2.95. The lowest BCUT2D eigenvalue weighted by Crippen LogP contribution is -2.46. The average molecular weight is 232 g/mol. The zero-order chi connectivity index (χ0) is 12.1. The number of nitrogens with zero attached hydrogens (tertiary/aromatic N) is 4. The Labute approximate surface area is 101 Å². The maximum absolute atomic E-state index is 8.63. The summed E-state index contributed by atoms with van der Waals surface area (Å²) in [5.74, 6) is 1.75. The molecule has 2 rings (SSSR count). The monoisotopic (exact) mass is 232 g/mol. The first-order valence-electron chi connectivity index (χ1n) is 5.68. The SMILES string of the molecule is COc1ccc(N2CCN(CC#N)CC2)nc1. The maximum Gasteiger partial charge on any atom is 0.137 e. The van der Waals surface area contributed by atoms with Crippen molar-refractivity contribution in [2.45, 2.75) is 0 Å². The molecule has 1 aliphatic rings. The first-order valence-corrected chi connectivity index (χ1v) is 5.68. The molecule has 5 heteroatoms. The molecular formula is C12H16N4O. The van der Waals surface area contributed by atoms with Gasteiger partial charge in [-0.3, -0.25) is 4.90 Å². The van der Waals surface area contributed by atoms with Crippen LogP contribution in [0.5, 0.6) is 5.75 Å². The highest BCUT2D eigenvalue weighted by atomic mass is 16.5. The van der Waals surface area contributed by atoms with Gasteiger partial charge in [0, 0.05) is 26.2 Å². The molecule has 0 aromatic carbocycles. The maximum atomic E-state index is 8.63. The number of anilines is 1. The minimum atomic E-state index is 0.518. The standard InChI is InChI=1S/C12H16N4O/c1-17-11-2-3-12(14-10-11)16-8-6-15(5-4-13)7-9-16/h2-3,10H,5-9H2,1H3. The van der Waals surface area contributed by atoms with Crippen LogP contribution in [-0.4, -0.2) is 49.7 Å². The van der Waals surface area contributed by atoms with Crippen LogP contribution < -0.4 is 9.64 Å². The van der Waals surface area contributed by atoms with Crippen LogP contribution >= 0.6 is 0 Å². The highest BCUT2D eigenvalue weighted by Crippen LogP contribution is 2.16. The predicted octanol–water partition coefficient (Wildman–Crippen LogP) is 0.736. The summed E-state index contributed by atoms with van der Waals surface area (Å²) in [6.45, 7) is 4.19. The molecule has 0 spiro atoms. The predicted molar refractivity (Wildman–Crippen MR) is 65.1 cm³/mol. The molecule has 0 atom stereocenters. The van der Waals surface area contributed by atoms with Gasteiger partial charge in [0.15, 0.2) is 0 Å². The number of ether oxygens (including phenoxy) is 1. The molecule has 0 amide bonds. The number of aromatic nitrogens is 1. The van der Waals surface area contributed by atoms with Crippen molar-refractivity contribution in [1.29, 1.82) is 5.26 Å². The molecule has 0 bridgehead atoms. The molecule has 5 nitrogen and oxygen atoms in total. The fourth-order valence-corrected chi connectivity index (χ4v) is 1.92. The third-order valence-electron chi connectivity index (χ3n) is 2.95. The molecule has 0 radical (unpaired) electrons. The number of pyridine rings is 1. The molecule has 1 saturated heterocycles. The summed E-state index contributed by atoms with van der Waals surface area (Å²) in [5.41, 5.74) is 0. The highest BCUT2D eigenvalue weighted by Gasteiger charge is 2.17. The number of piperazine rings is 1. The molecule has 17 heavy (non-hydrogen) atoms. The average Bonchev–Trinajstić information content (AvgIpc) is 2.40. The number of nitriles is 1. The van der Waals surface area contributed by atoms with Crippen molar-refractivity contribution in [2.24, 2.45) is 0 Å². The van der Waals surface area contributed by atoms with Gasteiger partial charge in [-0.25, -0.2) is 4.98 Å². The zero-order valence-electron chi connectivity index (χ0n) is 9.96. The minimum Gasteiger partial charge on any atom is -0.495 e. The minimum absolute atomic E-state index is 0.518. The van der Waals surface area contributed by atoms with E-state index in [0.29, 0.717) is 6.54 Å². The second-order valence-electron chi connectivity index (χ2n) is 3.98. The van der Waals surface area contributed by atoms with Gasteiger partial charge < -0.3 is 9.64 Å². The number of hydrogen-bond acceptors (Lipinski definition) is 5. The summed E-state index contributed by atoms with van der Waals surface area (Å²) in [6.07, 6.45) is 1.73. The largest absolute Gasteiger partial charge is 0.495 e. The van der Waals surface area contributed by atoms with Gasteiger partial charge in [-0.2, -0.15) is 5.26 Å². The lowest BCUT2D eigenvalue weighted by Gasteiger charge is -2.34. The Kier molecular flexibility index (Phi) is 3.78. The molecule has 2 heterocycles. The van der Waals surface area contributed by atoms with Crippen LogP contribution in [-0.2, 0) is 0 Å². The van der Waals surface area contributed by atoms with Gasteiger partial charge in [0.05, 0.1) is 25.9 Å². The molecule has 0 saturated carbocycles. The summed E-state index contributed by atoms with van der Waals surface area (Å²) in [7, 11) is 1.64. The van der Waals surface area contributed by atoms with E-state index in [1.807, 2.05) is 12.1 Å². The first-order chi connectivity index (χ1) is 8.33. The molecule has 1 aliphatic heterocycles. The normalized spacial score (nSPS) is 16.6. The van der Waals surface area contributed by atoms with Gasteiger partial charge in [-0.15, -0.1) is 0 Å². The number of rotatable bonds is 3. The van der Waals surface area contributed by atoms with E-state index in [0.717, 1.165) is 37.7 Å². The fourth-order valence-electron chi connectivity index (χ4n) is 1.92. The molecule has 1 aromatic rings. The van der Waals surface area contributed by atoms with Crippen molar-refractivity contribution in [1.82, 2.24) is 9.88 Å². The molecular weight excluding hydrogens is 216 g/mol. The molecule has 0 unspecified atom stereocenters. The summed E-state index contributed by atoms with van der Waals surface area (Å²) in [4.78, 5) is 8.74. The third kappa shape index (κ3) is 2.86. The highest BCUT2D eigenvalue weighted by molar-refractivity contribution is 5.41. The van der Waals surface area contributed by atoms with Crippen LogP contribution in [0.2, 0.25) is 0 Å². The van der Waals surface area contributed by atoms with E-state index < -0.39 is 0 Å². The Hall–Kier alpha value is -1.80. The molecule has 1 aromatic heterocycles. The first kappa shape index (κ1) is 11.7. The second-order valence-corrected chi connectivity index (χ2v) is 3.98. The lowest BCUT2D eigenvalue weighted by atomic mass is 10.3. The molecule has 90 valence electrons. The summed E-state index contributed by atoms with van der Waals surface area (Å²) in [5, 5.41) is 8.63. The number of hydrogen-bond donors (Lipinski definition) is 0. The van der Waals surface area contributed by atoms with Crippen molar-refractivity contribution in [3.05, 3.63) is 18.3 Å². The van der Waals surface area contributed by atoms with Crippen LogP contribution in [0.3, 0.4) is 0 Å². The van der Waals surface area contributed by atoms with Gasteiger partial charge in [-0.1, -0.05) is 0 Å². The Morgan fingerprint density at radius 2 is 2.12 bits per heavy atom. The van der Waals surface area contributed by atoms with Crippen LogP contribution in [0.4, 0.5) is 5.82 Å². The fraction of sp³-hybridized carbons (Fsp3) is 0.500. The van der Waals surface area contributed by atoms with Gasteiger partial charge >= 0.3 is 0 Å². The Balaban J connectivity index is 1.93. The molecule has 0 N–H and O–H groups in total. The second kappa shape index (κ2) is 5.51. The van der Waals surface area contributed by atoms with Crippen LogP contribution in [0, 0.1) is 11.3 Å². The van der Waals surface area contributed by atoms with Crippen LogP contribution in [0.25, 0.3) is 0 Å². The van der Waals surface area contributed by atoms with E-state index in [1.54, 1.807) is 13.3 Å². The smallest absolute Gasteiger partial charge is 0.137 e. The number of methoxy groups -OCH3 is 1. The van der Waals surface area contributed by atoms with Crippen molar-refractivity contribution in [2.75, 3.05) is 44.7 Å². The topological polar surface area (TPSA) is 52.4 Å². The quantitative estimate of drug-likeness (QED) is 0.719. The van der Waals surface area contributed by atoms with Gasteiger partial charge in [0.1, 0.15) is 11.6 Å². The van der Waals surface area contributed by atoms with Gasteiger partial charge in [-0.05, 0) is 12.1 Å². The molecule has 1 fully saturated rings. The zero-order valence-corrected chi connectivity index (χ0v) is 9.96. The lowest BCUT2D eigenvalue weighted by molar-refractivity contribution is 0.286. The van der Waals surface area contributed by atoms with Crippen LogP contribution in [0.1, 0.15) is 0 Å². The van der Waals surface area contributed by atoms with Crippen molar-refractivity contribution in [3.63, 3.8) is 0 Å². The molecule has 0 aliphatic carbocycles. The van der Waals surface area contributed by atoms with E-state index in [2.05, 4.69) is 20.9 Å². The Morgan fingerprint density at radius 1 is 1.35 bits per heavy atom. The van der Waals surface area contributed by atoms with Gasteiger partial charge in [0.2, 0.25) is 0 Å². The van der Waals surface area contributed by atoms with Crippen LogP contribution in [0.15, 0.2) is 18.3 Å². The van der Waals surface area contributed by atoms with Crippen molar-refractivity contribution < 1.29 is 4.74 Å². The van der Waals surface area contributed by atoms with E-state index in [9.17, 15) is 0 Å².